The Hall–Kier alpha value is -2.91. The van der Waals surface area contributed by atoms with Crippen LogP contribution in [0.5, 0.6) is 5.75 Å². The molecule has 0 spiro atoms. The zero-order valence-corrected chi connectivity index (χ0v) is 19.4. The van der Waals surface area contributed by atoms with Crippen molar-refractivity contribution in [2.24, 2.45) is 0 Å². The number of halogens is 1. The number of fused-ring (bicyclic) bond motifs is 3. The molecule has 180 valence electrons. The highest BCUT2D eigenvalue weighted by atomic mass is 35.5. The van der Waals surface area contributed by atoms with Crippen LogP contribution in [0.2, 0.25) is 5.02 Å². The third kappa shape index (κ3) is 4.81. The van der Waals surface area contributed by atoms with Crippen molar-refractivity contribution in [1.82, 2.24) is 10.2 Å². The van der Waals surface area contributed by atoms with Gasteiger partial charge in [0, 0.05) is 36.4 Å². The molecule has 0 fully saturated rings. The average Bonchev–Trinajstić information content (AvgIpc) is 3.23. The Morgan fingerprint density at radius 3 is 2.62 bits per heavy atom. The SMILES string of the molecule is COCC(=O)N(Cc1ccc(Cl)cc1)C1C=C(C(=O)NCCO)C2c3ccccc3OC2C1O. The first-order valence-corrected chi connectivity index (χ1v) is 11.4. The van der Waals surface area contributed by atoms with Gasteiger partial charge in [-0.05, 0) is 29.8 Å². The number of carbonyl (C=O) groups is 2. The first kappa shape index (κ1) is 24.2. The molecule has 4 unspecified atom stereocenters. The molecule has 34 heavy (non-hydrogen) atoms. The highest BCUT2D eigenvalue weighted by molar-refractivity contribution is 6.30. The van der Waals surface area contributed by atoms with Gasteiger partial charge in [-0.15, -0.1) is 0 Å². The highest BCUT2D eigenvalue weighted by Crippen LogP contribution is 2.47. The first-order valence-electron chi connectivity index (χ1n) is 11.0. The third-order valence-electron chi connectivity index (χ3n) is 6.09. The van der Waals surface area contributed by atoms with Gasteiger partial charge in [0.05, 0.1) is 18.6 Å². The van der Waals surface area contributed by atoms with E-state index in [0.717, 1.165) is 11.1 Å². The van der Waals surface area contributed by atoms with Gasteiger partial charge in [0.1, 0.15) is 24.6 Å². The van der Waals surface area contributed by atoms with Crippen LogP contribution in [-0.4, -0.2) is 72.0 Å². The fraction of sp³-hybridized carbons (Fsp3) is 0.360. The van der Waals surface area contributed by atoms with E-state index in [4.69, 9.17) is 21.1 Å². The van der Waals surface area contributed by atoms with Gasteiger partial charge in [0.25, 0.3) is 0 Å². The number of methoxy groups -OCH3 is 1. The van der Waals surface area contributed by atoms with Gasteiger partial charge >= 0.3 is 0 Å². The standard InChI is InChI=1S/C25H27ClN2O6/c1-33-14-21(30)28(13-15-6-8-16(26)9-7-15)19-12-18(25(32)27-10-11-29)22-17-4-2-3-5-20(17)34-24(22)23(19)31/h2-9,12,19,22-24,29,31H,10-11,13-14H2,1H3,(H,27,32). The lowest BCUT2D eigenvalue weighted by atomic mass is 9.77. The monoisotopic (exact) mass is 486 g/mol. The molecule has 0 saturated carbocycles. The summed E-state index contributed by atoms with van der Waals surface area (Å²) in [5.74, 6) is -0.643. The maximum atomic E-state index is 13.1. The van der Waals surface area contributed by atoms with Crippen LogP contribution in [0.4, 0.5) is 0 Å². The van der Waals surface area contributed by atoms with E-state index in [1.165, 1.54) is 12.0 Å². The molecule has 2 aromatic carbocycles. The lowest BCUT2D eigenvalue weighted by Crippen LogP contribution is -2.56. The Bertz CT molecular complexity index is 1070. The second-order valence-corrected chi connectivity index (χ2v) is 8.70. The van der Waals surface area contributed by atoms with Crippen molar-refractivity contribution in [1.29, 1.82) is 0 Å². The number of nitrogens with zero attached hydrogens (tertiary/aromatic N) is 1. The minimum atomic E-state index is -1.10. The highest BCUT2D eigenvalue weighted by Gasteiger charge is 2.50. The van der Waals surface area contributed by atoms with E-state index >= 15 is 0 Å². The van der Waals surface area contributed by atoms with Crippen LogP contribution in [0, 0.1) is 0 Å². The van der Waals surface area contributed by atoms with E-state index in [1.54, 1.807) is 36.4 Å². The lowest BCUT2D eigenvalue weighted by Gasteiger charge is -2.40. The summed E-state index contributed by atoms with van der Waals surface area (Å²) in [4.78, 5) is 27.7. The summed E-state index contributed by atoms with van der Waals surface area (Å²) in [6.45, 7) is -0.138. The van der Waals surface area contributed by atoms with Gasteiger partial charge in [0.15, 0.2) is 0 Å². The number of benzene rings is 2. The predicted molar refractivity (Wildman–Crippen MR) is 125 cm³/mol. The Kier molecular flexibility index (Phi) is 7.53. The second kappa shape index (κ2) is 10.6. The first-order chi connectivity index (χ1) is 16.4. The Morgan fingerprint density at radius 2 is 1.91 bits per heavy atom. The molecule has 4 rings (SSSR count). The van der Waals surface area contributed by atoms with Gasteiger partial charge in [-0.1, -0.05) is 41.9 Å². The summed E-state index contributed by atoms with van der Waals surface area (Å²) in [7, 11) is 1.42. The van der Waals surface area contributed by atoms with Crippen LogP contribution in [0.15, 0.2) is 60.2 Å². The van der Waals surface area contributed by atoms with Gasteiger partial charge in [-0.2, -0.15) is 0 Å². The topological polar surface area (TPSA) is 108 Å². The van der Waals surface area contributed by atoms with Crippen molar-refractivity contribution in [2.75, 3.05) is 26.9 Å². The van der Waals surface area contributed by atoms with E-state index in [9.17, 15) is 19.8 Å². The van der Waals surface area contributed by atoms with Crippen LogP contribution in [-0.2, 0) is 20.9 Å². The van der Waals surface area contributed by atoms with E-state index in [2.05, 4.69) is 5.32 Å². The summed E-state index contributed by atoms with van der Waals surface area (Å²) >= 11 is 6.00. The summed E-state index contributed by atoms with van der Waals surface area (Å²) in [5, 5.41) is 23.8. The molecular formula is C25H27ClN2O6. The molecule has 0 bridgehead atoms. The Balaban J connectivity index is 1.74. The molecule has 1 aliphatic carbocycles. The maximum Gasteiger partial charge on any atom is 0.249 e. The number of hydrogen-bond donors (Lipinski definition) is 3. The number of ether oxygens (including phenoxy) is 2. The maximum absolute atomic E-state index is 13.1. The number of hydrogen-bond acceptors (Lipinski definition) is 6. The van der Waals surface area contributed by atoms with Crippen molar-refractivity contribution in [3.8, 4) is 5.75 Å². The Labute approximate surface area is 202 Å². The zero-order valence-electron chi connectivity index (χ0n) is 18.7. The van der Waals surface area contributed by atoms with Gasteiger partial charge in [-0.3, -0.25) is 9.59 Å². The lowest BCUT2D eigenvalue weighted by molar-refractivity contribution is -0.141. The summed E-state index contributed by atoms with van der Waals surface area (Å²) in [6, 6.07) is 13.5. The zero-order chi connectivity index (χ0) is 24.2. The second-order valence-electron chi connectivity index (χ2n) is 8.26. The largest absolute Gasteiger partial charge is 0.486 e. The van der Waals surface area contributed by atoms with Crippen LogP contribution in [0.3, 0.4) is 0 Å². The van der Waals surface area contributed by atoms with Crippen molar-refractivity contribution < 1.29 is 29.3 Å². The van der Waals surface area contributed by atoms with Crippen molar-refractivity contribution in [2.45, 2.75) is 30.7 Å². The quantitative estimate of drug-likeness (QED) is 0.523. The molecule has 0 radical (unpaired) electrons. The summed E-state index contributed by atoms with van der Waals surface area (Å²) in [5.41, 5.74) is 1.98. The Morgan fingerprint density at radius 1 is 1.18 bits per heavy atom. The molecule has 2 aliphatic rings. The number of aliphatic hydroxyl groups excluding tert-OH is 2. The van der Waals surface area contributed by atoms with E-state index in [0.29, 0.717) is 16.3 Å². The number of para-hydroxylation sites is 1. The fourth-order valence-electron chi connectivity index (χ4n) is 4.54. The van der Waals surface area contributed by atoms with Gasteiger partial charge in [-0.25, -0.2) is 0 Å². The van der Waals surface area contributed by atoms with Crippen LogP contribution in [0.1, 0.15) is 17.0 Å². The van der Waals surface area contributed by atoms with E-state index in [1.807, 2.05) is 18.2 Å². The molecule has 2 amide bonds. The van der Waals surface area contributed by atoms with Crippen LogP contribution < -0.4 is 10.1 Å². The molecule has 2 aromatic rings. The molecule has 1 heterocycles. The normalized spacial score (nSPS) is 22.8. The number of aliphatic hydroxyl groups is 2. The third-order valence-corrected chi connectivity index (χ3v) is 6.34. The minimum Gasteiger partial charge on any atom is -0.486 e. The summed E-state index contributed by atoms with van der Waals surface area (Å²) < 4.78 is 11.2. The molecule has 3 N–H and O–H groups in total. The molecule has 1 aliphatic heterocycles. The number of amides is 2. The number of carbonyl (C=O) groups excluding carboxylic acids is 2. The number of rotatable bonds is 8. The summed E-state index contributed by atoms with van der Waals surface area (Å²) in [6.07, 6.45) is -0.224. The van der Waals surface area contributed by atoms with Crippen molar-refractivity contribution in [3.05, 3.63) is 76.3 Å². The molecule has 8 nitrogen and oxygen atoms in total. The molecule has 0 saturated heterocycles. The minimum absolute atomic E-state index is 0.0837. The van der Waals surface area contributed by atoms with Gasteiger partial charge in [0.2, 0.25) is 11.8 Å². The van der Waals surface area contributed by atoms with Crippen molar-refractivity contribution >= 4 is 23.4 Å². The van der Waals surface area contributed by atoms with Gasteiger partial charge < -0.3 is 29.9 Å². The van der Waals surface area contributed by atoms with E-state index < -0.39 is 24.2 Å². The van der Waals surface area contributed by atoms with Crippen molar-refractivity contribution in [3.63, 3.8) is 0 Å². The molecule has 4 atom stereocenters. The van der Waals surface area contributed by atoms with Crippen LogP contribution >= 0.6 is 11.6 Å². The average molecular weight is 487 g/mol. The fourth-order valence-corrected chi connectivity index (χ4v) is 4.67. The molecule has 0 aromatic heterocycles. The van der Waals surface area contributed by atoms with E-state index in [-0.39, 0.29) is 38.1 Å². The molecular weight excluding hydrogens is 460 g/mol. The molecule has 9 heteroatoms. The van der Waals surface area contributed by atoms with Crippen LogP contribution in [0.25, 0.3) is 0 Å². The predicted octanol–water partition coefficient (Wildman–Crippen LogP) is 1.64. The smallest absolute Gasteiger partial charge is 0.249 e. The number of nitrogens with one attached hydrogen (secondary N) is 1.